The number of carbonyl (C=O) groups is 2. The lowest BCUT2D eigenvalue weighted by Crippen LogP contribution is -2.45. The molecule has 3 fully saturated rings. The molecule has 2 aromatic heterocycles. The maximum Gasteiger partial charge on any atom is 0.362 e. The molecular weight excluding hydrogens is 556 g/mol. The smallest absolute Gasteiger partial charge is 0.362 e. The Morgan fingerprint density at radius 3 is 2.95 bits per heavy atom. The average molecular weight is 587 g/mol. The Bertz CT molecular complexity index is 1350. The molecule has 5 heterocycles. The highest BCUT2D eigenvalue weighted by Gasteiger charge is 2.54. The Kier molecular flexibility index (Phi) is 7.59. The monoisotopic (exact) mass is 586 g/mol. The number of urea groups is 1. The zero-order valence-corrected chi connectivity index (χ0v) is 22.5. The first kappa shape index (κ1) is 27.8. The lowest BCUT2D eigenvalue weighted by atomic mass is 9.96. The molecule has 5 rings (SSSR count). The summed E-state index contributed by atoms with van der Waals surface area (Å²) in [4.78, 5) is 35.7. The van der Waals surface area contributed by atoms with E-state index in [1.54, 1.807) is 11.8 Å². The number of nitrogen functional groups attached to an aromatic ring is 1. The van der Waals surface area contributed by atoms with Gasteiger partial charge in [-0.25, -0.2) is 24.5 Å². The molecule has 7 atom stereocenters. The van der Waals surface area contributed by atoms with Crippen LogP contribution < -0.4 is 21.1 Å². The molecule has 0 spiro atoms. The van der Waals surface area contributed by atoms with Gasteiger partial charge in [0.05, 0.1) is 25.0 Å². The Morgan fingerprint density at radius 1 is 1.36 bits per heavy atom. The number of hydrogen-bond donors (Lipinski definition) is 6. The highest BCUT2D eigenvalue weighted by Crippen LogP contribution is 2.40. The molecule has 0 unspecified atom stereocenters. The number of aliphatic hydroxyl groups excluding tert-OH is 1. The van der Waals surface area contributed by atoms with E-state index in [1.165, 1.54) is 24.1 Å². The maximum absolute atomic E-state index is 12.3. The fourth-order valence-corrected chi connectivity index (χ4v) is 7.37. The van der Waals surface area contributed by atoms with Crippen molar-refractivity contribution < 1.29 is 37.1 Å². The number of nitrogens with zero attached hydrogens (tertiary/aromatic N) is 4. The van der Waals surface area contributed by atoms with E-state index in [9.17, 15) is 28.2 Å². The van der Waals surface area contributed by atoms with Crippen molar-refractivity contribution in [1.82, 2.24) is 34.9 Å². The lowest BCUT2D eigenvalue weighted by molar-refractivity contribution is -0.119. The van der Waals surface area contributed by atoms with Gasteiger partial charge in [0.2, 0.25) is 5.91 Å². The van der Waals surface area contributed by atoms with Crippen molar-refractivity contribution >= 4 is 51.0 Å². The van der Waals surface area contributed by atoms with Crippen LogP contribution in [0.2, 0.25) is 0 Å². The van der Waals surface area contributed by atoms with Crippen LogP contribution in [-0.2, 0) is 24.0 Å². The first-order valence-corrected chi connectivity index (χ1v) is 14.8. The van der Waals surface area contributed by atoms with Crippen molar-refractivity contribution in [3.63, 3.8) is 0 Å². The first-order chi connectivity index (χ1) is 18.5. The highest BCUT2D eigenvalue weighted by atomic mass is 32.2. The number of carbonyl (C=O) groups excluding carboxylic acids is 2. The number of anilines is 1. The van der Waals surface area contributed by atoms with Crippen LogP contribution in [-0.4, -0.2) is 97.6 Å². The van der Waals surface area contributed by atoms with Gasteiger partial charge < -0.3 is 31.3 Å². The van der Waals surface area contributed by atoms with E-state index in [-0.39, 0.29) is 46.8 Å². The van der Waals surface area contributed by atoms with Crippen molar-refractivity contribution in [1.29, 1.82) is 0 Å². The zero-order valence-electron chi connectivity index (χ0n) is 20.9. The summed E-state index contributed by atoms with van der Waals surface area (Å²) in [5.74, 6) is 0.216. The van der Waals surface area contributed by atoms with E-state index in [2.05, 4.69) is 25.6 Å². The van der Waals surface area contributed by atoms with E-state index in [4.69, 9.17) is 14.7 Å². The largest absolute Gasteiger partial charge is 0.387 e. The summed E-state index contributed by atoms with van der Waals surface area (Å²) in [6, 6.07) is 0.0218. The summed E-state index contributed by atoms with van der Waals surface area (Å²) < 4.78 is 38.5. The second-order valence-corrected chi connectivity index (χ2v) is 12.5. The molecule has 2 aromatic rings. The van der Waals surface area contributed by atoms with E-state index in [1.807, 2.05) is 4.72 Å². The molecule has 3 amide bonds. The van der Waals surface area contributed by atoms with Gasteiger partial charge in [-0.15, -0.1) is 0 Å². The normalized spacial score (nSPS) is 32.2. The molecule has 214 valence electrons. The fraction of sp³-hybridized carbons (Fsp3) is 0.667. The summed E-state index contributed by atoms with van der Waals surface area (Å²) in [7, 11) is -4.50. The minimum absolute atomic E-state index is 0.0310. The minimum Gasteiger partial charge on any atom is -0.387 e. The highest BCUT2D eigenvalue weighted by molar-refractivity contribution is 8.00. The summed E-state index contributed by atoms with van der Waals surface area (Å²) >= 11 is 1.76. The molecule has 0 bridgehead atoms. The van der Waals surface area contributed by atoms with Crippen LogP contribution >= 0.6 is 11.8 Å². The van der Waals surface area contributed by atoms with Crippen molar-refractivity contribution in [2.24, 2.45) is 0 Å². The minimum atomic E-state index is -4.50. The number of hydrogen-bond acceptors (Lipinski definition) is 13. The van der Waals surface area contributed by atoms with Crippen molar-refractivity contribution in [3.05, 3.63) is 12.7 Å². The molecule has 0 aromatic carbocycles. The quantitative estimate of drug-likeness (QED) is 0.138. The van der Waals surface area contributed by atoms with Crippen LogP contribution in [0.3, 0.4) is 0 Å². The maximum atomic E-state index is 12.3. The molecule has 3 aliphatic heterocycles. The Balaban J connectivity index is 1.09. The second kappa shape index (κ2) is 10.7. The zero-order chi connectivity index (χ0) is 27.9. The average Bonchev–Trinajstić information content (AvgIpc) is 3.60. The second-order valence-electron chi connectivity index (χ2n) is 9.91. The predicted octanol–water partition coefficient (Wildman–Crippen LogP) is -1.48. The van der Waals surface area contributed by atoms with Gasteiger partial charge in [0.25, 0.3) is 0 Å². The lowest BCUT2D eigenvalue weighted by Gasteiger charge is -2.27. The number of nitrogens with one attached hydrogen (secondary N) is 3. The number of ether oxygens (including phenoxy) is 1. The molecule has 0 aliphatic carbocycles. The molecule has 18 heteroatoms. The third-order valence-corrected chi connectivity index (χ3v) is 9.53. The number of rotatable bonds is 10. The Hall–Kier alpha value is -2.77. The molecule has 3 saturated heterocycles. The SMILES string of the molecule is C[C@@]1(O)[C@H](O)[C@@H](COS(=O)(=O)NC(=O)CCCC[C@@H]2SC[C@@H]3NC(=O)N[C@@H]32)O[C@H]1n1cnc2c(N)ncnc21. The van der Waals surface area contributed by atoms with Gasteiger partial charge in [0.15, 0.2) is 17.7 Å². The van der Waals surface area contributed by atoms with Gasteiger partial charge >= 0.3 is 16.3 Å². The van der Waals surface area contributed by atoms with Gasteiger partial charge in [-0.05, 0) is 19.8 Å². The van der Waals surface area contributed by atoms with Gasteiger partial charge in [-0.3, -0.25) is 13.5 Å². The van der Waals surface area contributed by atoms with Gasteiger partial charge in [-0.1, -0.05) is 6.42 Å². The van der Waals surface area contributed by atoms with Crippen LogP contribution in [0.5, 0.6) is 0 Å². The Labute approximate surface area is 227 Å². The third kappa shape index (κ3) is 5.62. The van der Waals surface area contributed by atoms with Crippen molar-refractivity contribution in [3.8, 4) is 0 Å². The standard InChI is InChI=1S/C21H30N8O8S2/c1-21(33)16(31)11(37-19(21)29-9-25-15-17(22)23-8-24-18(15)29)6-36-39(34,35)28-13(30)5-3-2-4-12-14-10(7-38-12)26-20(32)27-14/h8-12,14,16,19,31,33H,2-7H2,1H3,(H,28,30)(H2,22,23,24)(H2,26,27,32)/t10-,11+,12-,14-,16+,19+,21+/m0/s1. The first-order valence-electron chi connectivity index (χ1n) is 12.3. The molecule has 3 aliphatic rings. The number of imidazole rings is 1. The van der Waals surface area contributed by atoms with Crippen LogP contribution in [0.25, 0.3) is 11.2 Å². The van der Waals surface area contributed by atoms with Gasteiger partial charge in [0.1, 0.15) is 29.7 Å². The van der Waals surface area contributed by atoms with E-state index in [0.29, 0.717) is 12.8 Å². The van der Waals surface area contributed by atoms with E-state index < -0.39 is 46.9 Å². The fourth-order valence-electron chi connectivity index (χ4n) is 5.07. The van der Waals surface area contributed by atoms with Crippen LogP contribution in [0, 0.1) is 0 Å². The van der Waals surface area contributed by atoms with Gasteiger partial charge in [-0.2, -0.15) is 20.2 Å². The molecule has 39 heavy (non-hydrogen) atoms. The topological polar surface area (TPSA) is 233 Å². The van der Waals surface area contributed by atoms with Crippen LogP contribution in [0.4, 0.5) is 10.6 Å². The van der Waals surface area contributed by atoms with E-state index in [0.717, 1.165) is 12.2 Å². The molecule has 16 nitrogen and oxygen atoms in total. The third-order valence-electron chi connectivity index (χ3n) is 7.10. The number of aliphatic hydroxyl groups is 2. The number of fused-ring (bicyclic) bond motifs is 2. The number of amides is 3. The summed E-state index contributed by atoms with van der Waals surface area (Å²) in [6.45, 7) is 0.651. The van der Waals surface area contributed by atoms with Crippen molar-refractivity contribution in [2.75, 3.05) is 18.1 Å². The molecule has 0 saturated carbocycles. The summed E-state index contributed by atoms with van der Waals surface area (Å²) in [5, 5.41) is 27.6. The molecular formula is C21H30N8O8S2. The van der Waals surface area contributed by atoms with Crippen LogP contribution in [0.1, 0.15) is 38.8 Å². The van der Waals surface area contributed by atoms with Gasteiger partial charge in [0, 0.05) is 17.4 Å². The number of nitrogens with two attached hydrogens (primary N) is 1. The predicted molar refractivity (Wildman–Crippen MR) is 137 cm³/mol. The number of unbranched alkanes of at least 4 members (excludes halogenated alkanes) is 1. The van der Waals surface area contributed by atoms with Crippen molar-refractivity contribution in [2.45, 2.75) is 74.0 Å². The molecule has 0 radical (unpaired) electrons. The van der Waals surface area contributed by atoms with Crippen LogP contribution in [0.15, 0.2) is 12.7 Å². The van der Waals surface area contributed by atoms with E-state index >= 15 is 0 Å². The summed E-state index contributed by atoms with van der Waals surface area (Å²) in [6.07, 6.45) is 0.420. The number of thioether (sulfide) groups is 1. The molecule has 7 N–H and O–H groups in total. The Morgan fingerprint density at radius 2 is 2.15 bits per heavy atom. The number of aromatic nitrogens is 4. The summed E-state index contributed by atoms with van der Waals surface area (Å²) in [5.41, 5.74) is 4.44.